The molecular weight excluding hydrogens is 402 g/mol. The topological polar surface area (TPSA) is 135 Å². The van der Waals surface area contributed by atoms with Crippen LogP contribution in [0.15, 0.2) is 28.7 Å². The van der Waals surface area contributed by atoms with E-state index in [1.54, 1.807) is 0 Å². The lowest BCUT2D eigenvalue weighted by atomic mass is 10.1. The van der Waals surface area contributed by atoms with Crippen LogP contribution in [0.4, 0.5) is 0 Å². The number of hydrogen-bond donors (Lipinski definition) is 2. The number of rotatable bonds is 5. The molecular formula is C21H27N5O5. The molecule has 3 heterocycles. The molecule has 0 unspecified atom stereocenters. The number of carboxylic acid groups (broad SMARTS) is 2. The van der Waals surface area contributed by atoms with E-state index in [1.807, 2.05) is 16.8 Å². The number of carbonyl (C=O) groups is 2. The maximum atomic E-state index is 9.10. The standard InChI is InChI=1S/C19H25N5O.C2H2O4/c1-14(2)24-16-9-5-4-8-15(16)18(22-24)19-21-20-17(25-19)10-13-23-11-6-3-7-12-23;3-1(4)2(5)6/h4-5,8-9,14H,3,6-7,10-13H2,1-2H3;(H,3,4)(H,5,6). The van der Waals surface area contributed by atoms with Gasteiger partial charge in [0.05, 0.1) is 5.52 Å². The van der Waals surface area contributed by atoms with E-state index in [1.165, 1.54) is 32.4 Å². The van der Waals surface area contributed by atoms with Crippen molar-refractivity contribution < 1.29 is 24.2 Å². The van der Waals surface area contributed by atoms with Gasteiger partial charge in [0.15, 0.2) is 5.69 Å². The molecule has 0 aliphatic carbocycles. The Labute approximate surface area is 179 Å². The second kappa shape index (κ2) is 10.2. The molecule has 10 heteroatoms. The van der Waals surface area contributed by atoms with Crippen molar-refractivity contribution in [2.75, 3.05) is 19.6 Å². The van der Waals surface area contributed by atoms with Crippen molar-refractivity contribution in [1.29, 1.82) is 0 Å². The Morgan fingerprint density at radius 1 is 1.06 bits per heavy atom. The molecule has 3 aromatic rings. The van der Waals surface area contributed by atoms with Gasteiger partial charge in [0.25, 0.3) is 5.89 Å². The van der Waals surface area contributed by atoms with Gasteiger partial charge in [-0.3, -0.25) is 4.68 Å². The van der Waals surface area contributed by atoms with Crippen LogP contribution in [0.3, 0.4) is 0 Å². The Morgan fingerprint density at radius 2 is 1.74 bits per heavy atom. The highest BCUT2D eigenvalue weighted by Gasteiger charge is 2.19. The number of likely N-dealkylation sites (tertiary alicyclic amines) is 1. The van der Waals surface area contributed by atoms with Crippen molar-refractivity contribution in [3.63, 3.8) is 0 Å². The van der Waals surface area contributed by atoms with Gasteiger partial charge in [-0.25, -0.2) is 9.59 Å². The fourth-order valence-electron chi connectivity index (χ4n) is 3.53. The van der Waals surface area contributed by atoms with Crippen molar-refractivity contribution in [3.8, 4) is 11.6 Å². The van der Waals surface area contributed by atoms with E-state index in [0.29, 0.717) is 11.8 Å². The number of aliphatic carboxylic acids is 2. The second-order valence-corrected chi connectivity index (χ2v) is 7.67. The first-order valence-corrected chi connectivity index (χ1v) is 10.4. The highest BCUT2D eigenvalue weighted by Crippen LogP contribution is 2.28. The van der Waals surface area contributed by atoms with Crippen molar-refractivity contribution in [2.45, 2.75) is 45.6 Å². The Balaban J connectivity index is 0.000000401. The molecule has 0 spiro atoms. The molecule has 0 saturated carbocycles. The molecule has 1 fully saturated rings. The van der Waals surface area contributed by atoms with Gasteiger partial charge in [-0.15, -0.1) is 10.2 Å². The molecule has 0 atom stereocenters. The van der Waals surface area contributed by atoms with Crippen LogP contribution in [-0.2, 0) is 16.0 Å². The molecule has 0 radical (unpaired) electrons. The first-order chi connectivity index (χ1) is 14.9. The third kappa shape index (κ3) is 5.66. The molecule has 1 aromatic carbocycles. The zero-order valence-corrected chi connectivity index (χ0v) is 17.7. The summed E-state index contributed by atoms with van der Waals surface area (Å²) < 4.78 is 7.95. The summed E-state index contributed by atoms with van der Waals surface area (Å²) in [5.41, 5.74) is 1.88. The molecule has 10 nitrogen and oxygen atoms in total. The summed E-state index contributed by atoms with van der Waals surface area (Å²) in [6.45, 7) is 7.61. The maximum Gasteiger partial charge on any atom is 0.414 e. The van der Waals surface area contributed by atoms with E-state index >= 15 is 0 Å². The van der Waals surface area contributed by atoms with Crippen LogP contribution in [0.2, 0.25) is 0 Å². The number of piperidine rings is 1. The average molecular weight is 429 g/mol. The number of nitrogens with zero attached hydrogens (tertiary/aromatic N) is 5. The smallest absolute Gasteiger partial charge is 0.414 e. The minimum absolute atomic E-state index is 0.278. The van der Waals surface area contributed by atoms with Crippen LogP contribution < -0.4 is 0 Å². The van der Waals surface area contributed by atoms with Gasteiger partial charge in [-0.1, -0.05) is 24.6 Å². The predicted octanol–water partition coefficient (Wildman–Crippen LogP) is 2.85. The molecule has 2 N–H and O–H groups in total. The van der Waals surface area contributed by atoms with Gasteiger partial charge >= 0.3 is 11.9 Å². The number of benzene rings is 1. The van der Waals surface area contributed by atoms with Crippen LogP contribution in [0.5, 0.6) is 0 Å². The number of hydrogen-bond acceptors (Lipinski definition) is 7. The molecule has 4 rings (SSSR count). The second-order valence-electron chi connectivity index (χ2n) is 7.67. The highest BCUT2D eigenvalue weighted by atomic mass is 16.4. The molecule has 166 valence electrons. The molecule has 1 saturated heterocycles. The molecule has 0 amide bonds. The first-order valence-electron chi connectivity index (χ1n) is 10.4. The molecule has 31 heavy (non-hydrogen) atoms. The van der Waals surface area contributed by atoms with E-state index in [4.69, 9.17) is 29.3 Å². The minimum atomic E-state index is -1.82. The quantitative estimate of drug-likeness (QED) is 0.587. The molecule has 1 aliphatic heterocycles. The average Bonchev–Trinajstić information content (AvgIpc) is 3.38. The third-order valence-corrected chi connectivity index (χ3v) is 5.05. The van der Waals surface area contributed by atoms with Gasteiger partial charge in [0.2, 0.25) is 5.89 Å². The monoisotopic (exact) mass is 429 g/mol. The summed E-state index contributed by atoms with van der Waals surface area (Å²) in [7, 11) is 0. The van der Waals surface area contributed by atoms with Gasteiger partial charge in [0, 0.05) is 24.4 Å². The van der Waals surface area contributed by atoms with E-state index in [2.05, 4.69) is 41.1 Å². The van der Waals surface area contributed by atoms with Crippen LogP contribution in [-0.4, -0.2) is 66.7 Å². The van der Waals surface area contributed by atoms with Crippen molar-refractivity contribution in [3.05, 3.63) is 30.2 Å². The SMILES string of the molecule is CC(C)n1nc(-c2nnc(CCN3CCCCC3)o2)c2ccccc21.O=C(O)C(=O)O. The van der Waals surface area contributed by atoms with Crippen LogP contribution in [0, 0.1) is 0 Å². The number of fused-ring (bicyclic) bond motifs is 1. The summed E-state index contributed by atoms with van der Waals surface area (Å²) >= 11 is 0. The Kier molecular flexibility index (Phi) is 7.35. The van der Waals surface area contributed by atoms with Gasteiger partial charge in [-0.2, -0.15) is 5.10 Å². The summed E-state index contributed by atoms with van der Waals surface area (Å²) in [5.74, 6) is -2.43. The number of para-hydroxylation sites is 1. The van der Waals surface area contributed by atoms with E-state index in [9.17, 15) is 0 Å². The Hall–Kier alpha value is -3.27. The largest absolute Gasteiger partial charge is 0.473 e. The van der Waals surface area contributed by atoms with Gasteiger partial charge in [-0.05, 0) is 45.8 Å². The fraction of sp³-hybridized carbons (Fsp3) is 0.476. The minimum Gasteiger partial charge on any atom is -0.473 e. The van der Waals surface area contributed by atoms with Crippen molar-refractivity contribution in [1.82, 2.24) is 24.9 Å². The van der Waals surface area contributed by atoms with E-state index in [-0.39, 0.29) is 6.04 Å². The Bertz CT molecular complexity index is 1020. The molecule has 0 bridgehead atoms. The maximum absolute atomic E-state index is 9.10. The van der Waals surface area contributed by atoms with Crippen LogP contribution >= 0.6 is 0 Å². The highest BCUT2D eigenvalue weighted by molar-refractivity contribution is 6.27. The predicted molar refractivity (Wildman–Crippen MR) is 113 cm³/mol. The normalized spacial score (nSPS) is 14.4. The zero-order valence-electron chi connectivity index (χ0n) is 17.7. The van der Waals surface area contributed by atoms with Crippen molar-refractivity contribution >= 4 is 22.8 Å². The summed E-state index contributed by atoms with van der Waals surface area (Å²) in [6, 6.07) is 8.48. The molecule has 2 aromatic heterocycles. The van der Waals surface area contributed by atoms with Gasteiger partial charge < -0.3 is 19.5 Å². The lowest BCUT2D eigenvalue weighted by Crippen LogP contribution is -2.31. The lowest BCUT2D eigenvalue weighted by Gasteiger charge is -2.25. The Morgan fingerprint density at radius 3 is 2.39 bits per heavy atom. The van der Waals surface area contributed by atoms with E-state index in [0.717, 1.165) is 29.6 Å². The molecule has 1 aliphatic rings. The fourth-order valence-corrected chi connectivity index (χ4v) is 3.53. The first kappa shape index (κ1) is 22.4. The summed E-state index contributed by atoms with van der Waals surface area (Å²) in [6.07, 6.45) is 4.75. The summed E-state index contributed by atoms with van der Waals surface area (Å²) in [5, 5.41) is 29.1. The number of aromatic nitrogens is 4. The number of carboxylic acids is 2. The van der Waals surface area contributed by atoms with Crippen LogP contribution in [0.25, 0.3) is 22.5 Å². The zero-order chi connectivity index (χ0) is 22.4. The van der Waals surface area contributed by atoms with Crippen molar-refractivity contribution in [2.24, 2.45) is 0 Å². The summed E-state index contributed by atoms with van der Waals surface area (Å²) in [4.78, 5) is 20.7. The third-order valence-electron chi connectivity index (χ3n) is 5.05. The van der Waals surface area contributed by atoms with Gasteiger partial charge in [0.1, 0.15) is 0 Å². The van der Waals surface area contributed by atoms with E-state index < -0.39 is 11.9 Å². The lowest BCUT2D eigenvalue weighted by molar-refractivity contribution is -0.159. The van der Waals surface area contributed by atoms with Crippen LogP contribution in [0.1, 0.15) is 45.0 Å².